The van der Waals surface area contributed by atoms with E-state index in [0.717, 1.165) is 10.8 Å². The van der Waals surface area contributed by atoms with Crippen LogP contribution in [0.2, 0.25) is 5.02 Å². The minimum atomic E-state index is -1.87. The number of nitrogens with zero attached hydrogens (tertiary/aromatic N) is 4. The van der Waals surface area contributed by atoms with Crippen LogP contribution in [0.15, 0.2) is 121 Å². The van der Waals surface area contributed by atoms with Crippen molar-refractivity contribution in [1.29, 1.82) is 0 Å². The summed E-state index contributed by atoms with van der Waals surface area (Å²) < 4.78 is 0. The lowest BCUT2D eigenvalue weighted by Crippen LogP contribution is -2.61. The van der Waals surface area contributed by atoms with Crippen molar-refractivity contribution in [2.24, 2.45) is 39.6 Å². The number of hydrogen-bond acceptors (Lipinski definition) is 16. The number of nitrogens with two attached hydrogens (primary N) is 5. The SMILES string of the molecule is CC(C)C[C@H](NC(=O)[C@@H](Cc1cccnc1)NC(=O)[C@H](CCC(N)=O)NC(=O)[C@H](CO)NC(=O)[C@@H](Cc1cccnc1)NC(=O)[C@@H](Cc1ccc(Cl)cc1)NC(=O)[C@@H](Cc1cccc2ccccc12)NC(N)=O)C(=O)N[C@@H](CCCN=C(N)N)C(=O)N1CCC[C@H]1C(=O)N[C@H](C)C(N)=O. The van der Waals surface area contributed by atoms with Gasteiger partial charge in [-0.25, -0.2) is 4.79 Å². The number of primary amides is 3. The van der Waals surface area contributed by atoms with Gasteiger partial charge in [0.1, 0.15) is 60.4 Å². The average molecular weight is 1390 g/mol. The van der Waals surface area contributed by atoms with Crippen molar-refractivity contribution in [2.75, 3.05) is 19.7 Å². The van der Waals surface area contributed by atoms with Gasteiger partial charge in [0.25, 0.3) is 0 Å². The number of halogens is 1. The third-order valence-electron chi connectivity index (χ3n) is 16.2. The number of urea groups is 1. The van der Waals surface area contributed by atoms with E-state index in [-0.39, 0.29) is 76.3 Å². The zero-order valence-electron chi connectivity index (χ0n) is 55.1. The maximum atomic E-state index is 14.7. The second-order valence-corrected chi connectivity index (χ2v) is 24.8. The third kappa shape index (κ3) is 24.7. The number of aromatic nitrogens is 2. The van der Waals surface area contributed by atoms with Crippen LogP contribution in [0, 0.1) is 5.92 Å². The van der Waals surface area contributed by atoms with Gasteiger partial charge in [0, 0.05) is 75.0 Å². The van der Waals surface area contributed by atoms with Gasteiger partial charge in [-0.2, -0.15) is 0 Å². The second-order valence-electron chi connectivity index (χ2n) is 24.4. The molecule has 6 rings (SSSR count). The zero-order chi connectivity index (χ0) is 72.3. The maximum Gasteiger partial charge on any atom is 0.312 e. The molecule has 5 aromatic rings. The first-order chi connectivity index (χ1) is 47.2. The van der Waals surface area contributed by atoms with Crippen molar-refractivity contribution in [1.82, 2.24) is 62.7 Å². The highest BCUT2D eigenvalue weighted by molar-refractivity contribution is 6.30. The van der Waals surface area contributed by atoms with Crippen LogP contribution < -0.4 is 76.5 Å². The minimum Gasteiger partial charge on any atom is -0.394 e. The molecule has 1 saturated heterocycles. The first kappa shape index (κ1) is 77.2. The van der Waals surface area contributed by atoms with Gasteiger partial charge >= 0.3 is 6.03 Å². The van der Waals surface area contributed by atoms with Gasteiger partial charge in [-0.1, -0.05) is 92.2 Å². The van der Waals surface area contributed by atoms with Crippen molar-refractivity contribution in [2.45, 2.75) is 152 Å². The molecule has 10 atom stereocenters. The molecule has 0 radical (unpaired) electrons. The minimum absolute atomic E-state index is 0.0115. The standard InChI is InChI=1S/C67H87ClN18O13/c1-37(2)29-48(58(91)79-47(17-9-27-76-66(71)72)65(98)86-28-10-18-54(86)64(97)77-38(3)56(70)89)80-60(93)50(31-40-11-7-25-74-34-40)81-57(90)46(23-24-55(69)88)78-63(96)53(36-87)84-61(94)51(32-41-12-8-26-75-35-41)83-59(92)49(30-39-19-21-44(68)22-20-39)82-62(95)52(85-67(73)99)33-43-15-6-14-42-13-4-5-16-45(42)43/h4-8,11-16,19-22,25-26,34-35,37-38,46-54,87H,9-10,17-18,23-24,27-33,36H2,1-3H3,(H2,69,88)(H2,70,89)(H,77,97)(H,78,96)(H,79,91)(H,80,93)(H,81,90)(H,82,95)(H,83,92)(H,84,94)(H4,71,72,76)(H3,73,85,99)/t38-,46+,47+,48+,49-,50-,51-,52-,53+,54+/m1/s1. The Balaban J connectivity index is 1.23. The smallest absolute Gasteiger partial charge is 0.312 e. The predicted octanol–water partition coefficient (Wildman–Crippen LogP) is -1.68. The number of pyridine rings is 2. The summed E-state index contributed by atoms with van der Waals surface area (Å²) in [5.74, 6) is -10.2. The maximum absolute atomic E-state index is 14.7. The topological polar surface area (TPSA) is 505 Å². The quantitative estimate of drug-likeness (QED) is 0.0120. The number of aliphatic hydroxyl groups is 1. The van der Waals surface area contributed by atoms with Crippen molar-refractivity contribution < 1.29 is 62.6 Å². The fourth-order valence-corrected chi connectivity index (χ4v) is 11.2. The number of carbonyl (C=O) groups excluding carboxylic acids is 12. The Kier molecular flexibility index (Phi) is 29.8. The number of aliphatic imine (C=N–C) groups is 1. The highest BCUT2D eigenvalue weighted by Gasteiger charge is 2.40. The summed E-state index contributed by atoms with van der Waals surface area (Å²) in [6.45, 7) is 4.01. The van der Waals surface area contributed by atoms with Crippen molar-refractivity contribution >= 4 is 99.3 Å². The fourth-order valence-electron chi connectivity index (χ4n) is 11.1. The first-order valence-corrected chi connectivity index (χ1v) is 32.6. The molecule has 1 aliphatic rings. The third-order valence-corrected chi connectivity index (χ3v) is 16.4. The van der Waals surface area contributed by atoms with Gasteiger partial charge in [0.05, 0.1) is 6.61 Å². The van der Waals surface area contributed by atoms with Gasteiger partial charge in [0.2, 0.25) is 65.0 Å². The number of nitrogens with one attached hydrogen (secondary N) is 9. The summed E-state index contributed by atoms with van der Waals surface area (Å²) in [7, 11) is 0. The monoisotopic (exact) mass is 1390 g/mol. The molecule has 0 saturated carbocycles. The number of carbonyl (C=O) groups is 12. The molecule has 0 spiro atoms. The van der Waals surface area contributed by atoms with E-state index in [2.05, 4.69) is 62.8 Å². The summed E-state index contributed by atoms with van der Waals surface area (Å²) in [5, 5.41) is 36.1. The van der Waals surface area contributed by atoms with Gasteiger partial charge in [-0.05, 0) is 109 Å². The molecule has 2 aromatic heterocycles. The van der Waals surface area contributed by atoms with E-state index in [1.165, 1.54) is 36.6 Å². The van der Waals surface area contributed by atoms with Crippen LogP contribution >= 0.6 is 11.6 Å². The summed E-state index contributed by atoms with van der Waals surface area (Å²) in [6, 6.07) is 10.3. The average Bonchev–Trinajstić information content (AvgIpc) is 1.82. The number of rotatable bonds is 37. The Hall–Kier alpha value is -10.8. The Labute approximate surface area is 576 Å². The van der Waals surface area contributed by atoms with Crippen LogP contribution in [0.5, 0.6) is 0 Å². The Morgan fingerprint density at radius 1 is 0.556 bits per heavy atom. The molecule has 20 N–H and O–H groups in total. The number of aliphatic hydroxyl groups excluding tert-OH is 1. The molecule has 530 valence electrons. The van der Waals surface area contributed by atoms with Gasteiger partial charge < -0.3 is 86.5 Å². The van der Waals surface area contributed by atoms with Crippen LogP contribution in [0.3, 0.4) is 0 Å². The normalized spacial score (nSPS) is 15.3. The van der Waals surface area contributed by atoms with E-state index in [0.29, 0.717) is 33.7 Å². The number of benzene rings is 3. The number of fused-ring (bicyclic) bond motifs is 1. The molecule has 13 amide bonds. The Morgan fingerprint density at radius 3 is 1.60 bits per heavy atom. The lowest BCUT2D eigenvalue weighted by molar-refractivity contribution is -0.142. The van der Waals surface area contributed by atoms with E-state index in [1.807, 2.05) is 30.3 Å². The zero-order valence-corrected chi connectivity index (χ0v) is 55.9. The highest BCUT2D eigenvalue weighted by Crippen LogP contribution is 2.23. The molecular formula is C67H87ClN18O13. The number of guanidine groups is 1. The summed E-state index contributed by atoms with van der Waals surface area (Å²) in [6.07, 6.45) is 4.77. The molecule has 0 bridgehead atoms. The van der Waals surface area contributed by atoms with E-state index >= 15 is 0 Å². The molecule has 3 heterocycles. The predicted molar refractivity (Wildman–Crippen MR) is 365 cm³/mol. The number of hydrogen-bond donors (Lipinski definition) is 15. The van der Waals surface area contributed by atoms with Gasteiger partial charge in [-0.3, -0.25) is 67.7 Å². The Morgan fingerprint density at radius 2 is 1.06 bits per heavy atom. The van der Waals surface area contributed by atoms with Crippen LogP contribution in [0.4, 0.5) is 4.79 Å². The van der Waals surface area contributed by atoms with E-state index in [9.17, 15) is 62.6 Å². The van der Waals surface area contributed by atoms with Gasteiger partial charge in [-0.15, -0.1) is 0 Å². The second kappa shape index (κ2) is 38.2. The summed E-state index contributed by atoms with van der Waals surface area (Å²) in [4.78, 5) is 180. The van der Waals surface area contributed by atoms with Gasteiger partial charge in [0.15, 0.2) is 5.96 Å². The van der Waals surface area contributed by atoms with Crippen molar-refractivity contribution in [3.63, 3.8) is 0 Å². The lowest BCUT2D eigenvalue weighted by Gasteiger charge is -2.31. The lowest BCUT2D eigenvalue weighted by atomic mass is 9.97. The molecule has 32 heteroatoms. The molecule has 99 heavy (non-hydrogen) atoms. The van der Waals surface area contributed by atoms with Crippen molar-refractivity contribution in [3.05, 3.63) is 143 Å². The van der Waals surface area contributed by atoms with E-state index < -0.39 is 151 Å². The first-order valence-electron chi connectivity index (χ1n) is 32.2. The van der Waals surface area contributed by atoms with E-state index in [4.69, 9.17) is 40.3 Å². The number of likely N-dealkylation sites (tertiary alicyclic amines) is 1. The Bertz CT molecular complexity index is 3680. The summed E-state index contributed by atoms with van der Waals surface area (Å²) >= 11 is 6.21. The van der Waals surface area contributed by atoms with E-state index in [1.54, 1.807) is 74.5 Å². The largest absolute Gasteiger partial charge is 0.394 e. The molecule has 31 nitrogen and oxygen atoms in total. The van der Waals surface area contributed by atoms with Crippen LogP contribution in [-0.4, -0.2) is 177 Å². The molecule has 0 aliphatic carbocycles. The van der Waals surface area contributed by atoms with Crippen molar-refractivity contribution in [3.8, 4) is 0 Å². The molecule has 1 fully saturated rings. The highest BCUT2D eigenvalue weighted by atomic mass is 35.5. The summed E-state index contributed by atoms with van der Waals surface area (Å²) in [5.41, 5.74) is 29.6. The molecule has 0 unspecified atom stereocenters. The van der Waals surface area contributed by atoms with Crippen LogP contribution in [0.25, 0.3) is 10.8 Å². The number of amides is 13. The molecule has 3 aromatic carbocycles. The van der Waals surface area contributed by atoms with Crippen LogP contribution in [0.1, 0.15) is 88.0 Å². The molecular weight excluding hydrogens is 1300 g/mol. The molecule has 1 aliphatic heterocycles. The fraction of sp³-hybridized carbons (Fsp3) is 0.418. The van der Waals surface area contributed by atoms with Crippen LogP contribution in [-0.2, 0) is 78.4 Å².